The largest absolute Gasteiger partial charge is 0.352 e. The van der Waals surface area contributed by atoms with Crippen molar-refractivity contribution in [1.82, 2.24) is 4.90 Å². The summed E-state index contributed by atoms with van der Waals surface area (Å²) in [6.45, 7) is 3.28. The maximum absolute atomic E-state index is 12.0. The van der Waals surface area contributed by atoms with Crippen LogP contribution in [0.2, 0.25) is 5.02 Å². The number of hydrogen-bond acceptors (Lipinski definition) is 4. The number of halogens is 1. The van der Waals surface area contributed by atoms with Crippen LogP contribution in [0.3, 0.4) is 0 Å². The van der Waals surface area contributed by atoms with Gasteiger partial charge in [0.2, 0.25) is 5.43 Å². The number of anilines is 2. The second-order valence-corrected chi connectivity index (χ2v) is 7.51. The Hall–Kier alpha value is -2.43. The molecule has 1 fully saturated rings. The van der Waals surface area contributed by atoms with E-state index >= 15 is 0 Å². The quantitative estimate of drug-likeness (QED) is 0.669. The van der Waals surface area contributed by atoms with Crippen molar-refractivity contribution in [2.45, 2.75) is 25.8 Å². The van der Waals surface area contributed by atoms with E-state index in [-0.39, 0.29) is 0 Å². The Balaban J connectivity index is 1.50. The molecule has 0 bridgehead atoms. The first-order chi connectivity index (χ1) is 13.1. The van der Waals surface area contributed by atoms with Gasteiger partial charge in [0.25, 0.3) is 5.43 Å². The van der Waals surface area contributed by atoms with Crippen LogP contribution >= 0.6 is 11.6 Å². The first kappa shape index (κ1) is 18.0. The molecule has 1 aliphatic rings. The molecule has 0 aromatic heterocycles. The minimum atomic E-state index is -0.475. The summed E-state index contributed by atoms with van der Waals surface area (Å²) < 4.78 is 0. The average molecular weight is 381 g/mol. The summed E-state index contributed by atoms with van der Waals surface area (Å²) in [5.74, 6) is 0. The number of nitrogens with one attached hydrogen (secondary N) is 1. The number of hydrogen-bond donors (Lipinski definition) is 1. The second kappa shape index (κ2) is 7.67. The van der Waals surface area contributed by atoms with E-state index < -0.39 is 10.9 Å². The van der Waals surface area contributed by atoms with Crippen LogP contribution in [0.5, 0.6) is 0 Å². The molecule has 0 radical (unpaired) electrons. The van der Waals surface area contributed by atoms with Crippen LogP contribution in [-0.4, -0.2) is 18.0 Å². The van der Waals surface area contributed by atoms with E-state index in [4.69, 9.17) is 11.6 Å². The van der Waals surface area contributed by atoms with E-state index in [2.05, 4.69) is 22.3 Å². The molecule has 0 spiro atoms. The Bertz CT molecular complexity index is 997. The van der Waals surface area contributed by atoms with E-state index in [0.717, 1.165) is 25.3 Å². The van der Waals surface area contributed by atoms with Crippen molar-refractivity contribution in [3.05, 3.63) is 79.6 Å². The van der Waals surface area contributed by atoms with Gasteiger partial charge < -0.3 is 5.32 Å². The maximum Gasteiger partial charge on any atom is 0.250 e. The molecule has 3 aromatic carbocycles. The van der Waals surface area contributed by atoms with Crippen molar-refractivity contribution in [3.63, 3.8) is 0 Å². The van der Waals surface area contributed by atoms with Crippen LogP contribution in [0, 0.1) is 0 Å². The highest BCUT2D eigenvalue weighted by Crippen LogP contribution is 2.27. The molecule has 5 heteroatoms. The Labute approximate surface area is 163 Å². The molecule has 0 amide bonds. The first-order valence-electron chi connectivity index (χ1n) is 9.29. The van der Waals surface area contributed by atoms with Gasteiger partial charge in [-0.2, -0.15) is 0 Å². The molecule has 27 heavy (non-hydrogen) atoms. The third-order valence-corrected chi connectivity index (χ3v) is 5.37. The molecule has 1 N–H and O–H groups in total. The lowest BCUT2D eigenvalue weighted by Crippen LogP contribution is -2.35. The monoisotopic (exact) mass is 380 g/mol. The minimum absolute atomic E-state index is 0.353. The molecule has 1 heterocycles. The topological polar surface area (TPSA) is 49.4 Å². The molecule has 4 rings (SSSR count). The summed E-state index contributed by atoms with van der Waals surface area (Å²) in [7, 11) is 0. The fraction of sp³-hybridized carbons (Fsp3) is 0.273. The van der Waals surface area contributed by atoms with Gasteiger partial charge in [-0.15, -0.1) is 0 Å². The Morgan fingerprint density at radius 2 is 1.52 bits per heavy atom. The lowest BCUT2D eigenvalue weighted by Gasteiger charge is -2.26. The first-order valence-corrected chi connectivity index (χ1v) is 9.67. The van der Waals surface area contributed by atoms with E-state index in [0.29, 0.717) is 21.8 Å². The second-order valence-electron chi connectivity index (χ2n) is 7.07. The fourth-order valence-corrected chi connectivity index (χ4v) is 3.74. The van der Waals surface area contributed by atoms with Crippen molar-refractivity contribution in [2.24, 2.45) is 0 Å². The van der Waals surface area contributed by atoms with Crippen molar-refractivity contribution in [2.75, 3.05) is 18.4 Å². The SMILES string of the molecule is O=c1c(Nc2ccc(CN3CCCCC3)cc2)c(-c2ccc(Cl)cc2)c1=O. The summed E-state index contributed by atoms with van der Waals surface area (Å²) in [5, 5.41) is 3.71. The molecule has 0 atom stereocenters. The molecule has 138 valence electrons. The normalized spacial score (nSPS) is 15.1. The zero-order valence-electron chi connectivity index (χ0n) is 15.0. The van der Waals surface area contributed by atoms with Gasteiger partial charge in [0.15, 0.2) is 0 Å². The summed E-state index contributed by atoms with van der Waals surface area (Å²) >= 11 is 5.91. The molecule has 0 saturated carbocycles. The Kier molecular flexibility index (Phi) is 5.10. The molecular weight excluding hydrogens is 360 g/mol. The number of piperidine rings is 1. The Morgan fingerprint density at radius 3 is 2.19 bits per heavy atom. The predicted molar refractivity (Wildman–Crippen MR) is 111 cm³/mol. The van der Waals surface area contributed by atoms with Crippen molar-refractivity contribution in [1.29, 1.82) is 0 Å². The van der Waals surface area contributed by atoms with Crippen LogP contribution in [0.4, 0.5) is 11.4 Å². The number of nitrogens with zero attached hydrogens (tertiary/aromatic N) is 1. The van der Waals surface area contributed by atoms with Gasteiger partial charge >= 0.3 is 0 Å². The van der Waals surface area contributed by atoms with Crippen molar-refractivity contribution >= 4 is 23.0 Å². The lowest BCUT2D eigenvalue weighted by atomic mass is 9.98. The summed E-state index contributed by atoms with van der Waals surface area (Å²) in [5.41, 5.74) is 2.61. The highest BCUT2D eigenvalue weighted by atomic mass is 35.5. The van der Waals surface area contributed by atoms with Gasteiger partial charge in [0, 0.05) is 17.3 Å². The van der Waals surface area contributed by atoms with Crippen molar-refractivity contribution < 1.29 is 0 Å². The van der Waals surface area contributed by atoms with Gasteiger partial charge in [-0.05, 0) is 61.3 Å². The molecule has 4 nitrogen and oxygen atoms in total. The zero-order chi connectivity index (χ0) is 18.8. The van der Waals surface area contributed by atoms with Crippen LogP contribution in [0.1, 0.15) is 24.8 Å². The summed E-state index contributed by atoms with van der Waals surface area (Å²) in [4.78, 5) is 26.6. The van der Waals surface area contributed by atoms with Crippen LogP contribution in [0.15, 0.2) is 58.1 Å². The van der Waals surface area contributed by atoms with E-state index in [1.807, 2.05) is 12.1 Å². The number of likely N-dealkylation sites (tertiary alicyclic amines) is 1. The van der Waals surface area contributed by atoms with Crippen LogP contribution < -0.4 is 16.2 Å². The van der Waals surface area contributed by atoms with Gasteiger partial charge in [-0.1, -0.05) is 42.3 Å². The van der Waals surface area contributed by atoms with E-state index in [9.17, 15) is 9.59 Å². The van der Waals surface area contributed by atoms with E-state index in [1.165, 1.54) is 24.8 Å². The standard InChI is InChI=1S/C22H21ClN2O2/c23-17-8-6-16(7-9-17)19-20(22(27)21(19)26)24-18-10-4-15(5-11-18)14-25-12-2-1-3-13-25/h4-11,24H,1-3,12-14H2. The number of rotatable bonds is 5. The molecule has 1 aliphatic heterocycles. The van der Waals surface area contributed by atoms with Gasteiger partial charge in [0.05, 0.1) is 5.56 Å². The maximum atomic E-state index is 12.0. The Morgan fingerprint density at radius 1 is 0.852 bits per heavy atom. The average Bonchev–Trinajstić information content (AvgIpc) is 2.71. The highest BCUT2D eigenvalue weighted by Gasteiger charge is 2.22. The molecule has 3 aromatic rings. The molecular formula is C22H21ClN2O2. The highest BCUT2D eigenvalue weighted by molar-refractivity contribution is 6.30. The van der Waals surface area contributed by atoms with Crippen LogP contribution in [-0.2, 0) is 6.54 Å². The third-order valence-electron chi connectivity index (χ3n) is 5.12. The number of benzene rings is 2. The summed E-state index contributed by atoms with van der Waals surface area (Å²) in [6, 6.07) is 15.0. The third kappa shape index (κ3) is 3.82. The minimum Gasteiger partial charge on any atom is -0.352 e. The molecule has 0 unspecified atom stereocenters. The van der Waals surface area contributed by atoms with Crippen molar-refractivity contribution in [3.8, 4) is 11.1 Å². The van der Waals surface area contributed by atoms with Crippen LogP contribution in [0.25, 0.3) is 11.1 Å². The molecule has 1 saturated heterocycles. The zero-order valence-corrected chi connectivity index (χ0v) is 15.8. The fourth-order valence-electron chi connectivity index (χ4n) is 3.62. The smallest absolute Gasteiger partial charge is 0.250 e. The van der Waals surface area contributed by atoms with Gasteiger partial charge in [0.1, 0.15) is 5.69 Å². The van der Waals surface area contributed by atoms with E-state index in [1.54, 1.807) is 24.3 Å². The van der Waals surface area contributed by atoms with Gasteiger partial charge in [-0.25, -0.2) is 0 Å². The summed E-state index contributed by atoms with van der Waals surface area (Å²) in [6.07, 6.45) is 3.88. The molecule has 0 aliphatic carbocycles. The van der Waals surface area contributed by atoms with Gasteiger partial charge in [-0.3, -0.25) is 14.5 Å². The predicted octanol–water partition coefficient (Wildman–Crippen LogP) is 4.33. The lowest BCUT2D eigenvalue weighted by molar-refractivity contribution is 0.221.